The molecule has 5 heteroatoms. The summed E-state index contributed by atoms with van der Waals surface area (Å²) in [5.74, 6) is 1.63. The molecular weight excluding hydrogens is 266 g/mol. The second-order valence-corrected chi connectivity index (χ2v) is 4.75. The maximum Gasteiger partial charge on any atom is 0.260 e. The van der Waals surface area contributed by atoms with Gasteiger partial charge in [-0.15, -0.1) is 0 Å². The SMILES string of the molecule is COc1ccc(-c2nc(-c3cccc(C)c3)no2)c(N)c1. The van der Waals surface area contributed by atoms with Gasteiger partial charge in [-0.25, -0.2) is 0 Å². The van der Waals surface area contributed by atoms with Gasteiger partial charge in [-0.1, -0.05) is 28.9 Å². The number of hydrogen-bond donors (Lipinski definition) is 1. The largest absolute Gasteiger partial charge is 0.497 e. The quantitative estimate of drug-likeness (QED) is 0.745. The fourth-order valence-electron chi connectivity index (χ4n) is 2.10. The minimum Gasteiger partial charge on any atom is -0.497 e. The van der Waals surface area contributed by atoms with Crippen molar-refractivity contribution in [2.45, 2.75) is 6.92 Å². The zero-order valence-corrected chi connectivity index (χ0v) is 11.8. The van der Waals surface area contributed by atoms with Crippen molar-refractivity contribution < 1.29 is 9.26 Å². The molecule has 1 aromatic heterocycles. The highest BCUT2D eigenvalue weighted by Gasteiger charge is 2.13. The predicted octanol–water partition coefficient (Wildman–Crippen LogP) is 3.30. The topological polar surface area (TPSA) is 74.2 Å². The third kappa shape index (κ3) is 2.58. The molecule has 0 spiro atoms. The van der Waals surface area contributed by atoms with Gasteiger partial charge in [0.15, 0.2) is 0 Å². The highest BCUT2D eigenvalue weighted by Crippen LogP contribution is 2.29. The minimum absolute atomic E-state index is 0.395. The Labute approximate surface area is 122 Å². The first-order valence-electron chi connectivity index (χ1n) is 6.52. The number of nitrogen functional groups attached to an aromatic ring is 1. The van der Waals surface area contributed by atoms with Crippen LogP contribution in [0.1, 0.15) is 5.56 Å². The Morgan fingerprint density at radius 3 is 2.71 bits per heavy atom. The van der Waals surface area contributed by atoms with E-state index in [-0.39, 0.29) is 0 Å². The van der Waals surface area contributed by atoms with Crippen LogP contribution in [0.25, 0.3) is 22.8 Å². The summed E-state index contributed by atoms with van der Waals surface area (Å²) in [6.07, 6.45) is 0. The number of ether oxygens (including phenoxy) is 1. The molecule has 0 bridgehead atoms. The Morgan fingerprint density at radius 1 is 1.14 bits per heavy atom. The number of hydrogen-bond acceptors (Lipinski definition) is 5. The highest BCUT2D eigenvalue weighted by molar-refractivity contribution is 5.73. The van der Waals surface area contributed by atoms with E-state index in [1.54, 1.807) is 13.2 Å². The van der Waals surface area contributed by atoms with Gasteiger partial charge in [0.05, 0.1) is 12.7 Å². The summed E-state index contributed by atoms with van der Waals surface area (Å²) in [4.78, 5) is 4.41. The van der Waals surface area contributed by atoms with Crippen LogP contribution in [0.15, 0.2) is 47.0 Å². The second kappa shape index (κ2) is 5.28. The van der Waals surface area contributed by atoms with Crippen molar-refractivity contribution in [2.75, 3.05) is 12.8 Å². The van der Waals surface area contributed by atoms with Crippen LogP contribution in [-0.2, 0) is 0 Å². The molecule has 0 atom stereocenters. The normalized spacial score (nSPS) is 10.6. The average Bonchev–Trinajstić information content (AvgIpc) is 2.96. The number of nitrogens with two attached hydrogens (primary N) is 1. The van der Waals surface area contributed by atoms with Crippen LogP contribution < -0.4 is 10.5 Å². The third-order valence-electron chi connectivity index (χ3n) is 3.19. The van der Waals surface area contributed by atoms with Crippen molar-refractivity contribution in [3.8, 4) is 28.6 Å². The van der Waals surface area contributed by atoms with E-state index in [9.17, 15) is 0 Å². The first-order valence-corrected chi connectivity index (χ1v) is 6.52. The van der Waals surface area contributed by atoms with Gasteiger partial charge in [0, 0.05) is 17.3 Å². The van der Waals surface area contributed by atoms with E-state index < -0.39 is 0 Å². The van der Waals surface area contributed by atoms with Crippen molar-refractivity contribution in [1.82, 2.24) is 10.1 Å². The summed E-state index contributed by atoms with van der Waals surface area (Å²) in [7, 11) is 1.59. The predicted molar refractivity (Wildman–Crippen MR) is 80.9 cm³/mol. The lowest BCUT2D eigenvalue weighted by atomic mass is 10.1. The van der Waals surface area contributed by atoms with Crippen LogP contribution in [0.3, 0.4) is 0 Å². The lowest BCUT2D eigenvalue weighted by Gasteiger charge is -2.03. The Hall–Kier alpha value is -2.82. The number of aromatic nitrogens is 2. The van der Waals surface area contributed by atoms with Gasteiger partial charge in [0.25, 0.3) is 5.89 Å². The molecule has 5 nitrogen and oxygen atoms in total. The molecule has 0 saturated carbocycles. The van der Waals surface area contributed by atoms with Gasteiger partial charge < -0.3 is 15.0 Å². The van der Waals surface area contributed by atoms with Crippen LogP contribution >= 0.6 is 0 Å². The van der Waals surface area contributed by atoms with Crippen LogP contribution in [0.5, 0.6) is 5.75 Å². The molecule has 1 heterocycles. The molecule has 21 heavy (non-hydrogen) atoms. The van der Waals surface area contributed by atoms with Crippen LogP contribution in [0.2, 0.25) is 0 Å². The van der Waals surface area contributed by atoms with Gasteiger partial charge in [0.1, 0.15) is 5.75 Å². The zero-order valence-electron chi connectivity index (χ0n) is 11.8. The zero-order chi connectivity index (χ0) is 14.8. The van der Waals surface area contributed by atoms with E-state index in [1.807, 2.05) is 43.3 Å². The van der Waals surface area contributed by atoms with Gasteiger partial charge >= 0.3 is 0 Å². The summed E-state index contributed by atoms with van der Waals surface area (Å²) in [6, 6.07) is 13.3. The summed E-state index contributed by atoms with van der Waals surface area (Å²) >= 11 is 0. The van der Waals surface area contributed by atoms with E-state index in [0.29, 0.717) is 28.7 Å². The van der Waals surface area contributed by atoms with Crippen molar-refractivity contribution in [2.24, 2.45) is 0 Å². The molecule has 3 rings (SSSR count). The molecule has 0 radical (unpaired) electrons. The number of rotatable bonds is 3. The van der Waals surface area contributed by atoms with E-state index in [0.717, 1.165) is 11.1 Å². The molecule has 106 valence electrons. The van der Waals surface area contributed by atoms with Crippen LogP contribution in [0.4, 0.5) is 5.69 Å². The molecule has 2 N–H and O–H groups in total. The number of nitrogens with zero attached hydrogens (tertiary/aromatic N) is 2. The van der Waals surface area contributed by atoms with E-state index in [2.05, 4.69) is 10.1 Å². The fraction of sp³-hybridized carbons (Fsp3) is 0.125. The first-order chi connectivity index (χ1) is 10.2. The molecule has 2 aromatic carbocycles. The van der Waals surface area contributed by atoms with Crippen LogP contribution in [0, 0.1) is 6.92 Å². The molecule has 0 aliphatic rings. The van der Waals surface area contributed by atoms with E-state index in [4.69, 9.17) is 15.0 Å². The van der Waals surface area contributed by atoms with Crippen LogP contribution in [-0.4, -0.2) is 17.3 Å². The number of methoxy groups -OCH3 is 1. The molecule has 0 amide bonds. The molecular formula is C16H15N3O2. The van der Waals surface area contributed by atoms with Gasteiger partial charge in [0.2, 0.25) is 5.82 Å². The standard InChI is InChI=1S/C16H15N3O2/c1-10-4-3-5-11(8-10)15-18-16(21-19-15)13-7-6-12(20-2)9-14(13)17/h3-9H,17H2,1-2H3. The monoisotopic (exact) mass is 281 g/mol. The number of aryl methyl sites for hydroxylation is 1. The van der Waals surface area contributed by atoms with Gasteiger partial charge in [-0.05, 0) is 25.1 Å². The summed E-state index contributed by atoms with van der Waals surface area (Å²) in [5.41, 5.74) is 9.28. The maximum absolute atomic E-state index is 5.99. The maximum atomic E-state index is 5.99. The van der Waals surface area contributed by atoms with E-state index >= 15 is 0 Å². The highest BCUT2D eigenvalue weighted by atomic mass is 16.5. The number of anilines is 1. The molecule has 0 unspecified atom stereocenters. The Bertz CT molecular complexity index is 781. The molecule has 0 aliphatic heterocycles. The fourth-order valence-corrected chi connectivity index (χ4v) is 2.10. The van der Waals surface area contributed by atoms with Crippen molar-refractivity contribution in [3.05, 3.63) is 48.0 Å². The Morgan fingerprint density at radius 2 is 2.00 bits per heavy atom. The third-order valence-corrected chi connectivity index (χ3v) is 3.19. The average molecular weight is 281 g/mol. The summed E-state index contributed by atoms with van der Waals surface area (Å²) in [6.45, 7) is 2.02. The lowest BCUT2D eigenvalue weighted by Crippen LogP contribution is -1.92. The van der Waals surface area contributed by atoms with Crippen molar-refractivity contribution in [1.29, 1.82) is 0 Å². The smallest absolute Gasteiger partial charge is 0.260 e. The van der Waals surface area contributed by atoms with Crippen molar-refractivity contribution >= 4 is 5.69 Å². The molecule has 0 aliphatic carbocycles. The minimum atomic E-state index is 0.395. The summed E-state index contributed by atoms with van der Waals surface area (Å²) < 4.78 is 10.4. The first kappa shape index (κ1) is 13.2. The van der Waals surface area contributed by atoms with Crippen molar-refractivity contribution in [3.63, 3.8) is 0 Å². The second-order valence-electron chi connectivity index (χ2n) is 4.75. The lowest BCUT2D eigenvalue weighted by molar-refractivity contribution is 0.414. The Balaban J connectivity index is 1.98. The number of benzene rings is 2. The van der Waals surface area contributed by atoms with E-state index in [1.165, 1.54) is 0 Å². The summed E-state index contributed by atoms with van der Waals surface area (Å²) in [5, 5.41) is 4.01. The Kier molecular flexibility index (Phi) is 3.31. The molecule has 3 aromatic rings. The molecule has 0 saturated heterocycles. The molecule has 0 fully saturated rings. The van der Waals surface area contributed by atoms with Gasteiger partial charge in [-0.2, -0.15) is 4.98 Å². The van der Waals surface area contributed by atoms with Gasteiger partial charge in [-0.3, -0.25) is 0 Å².